The lowest BCUT2D eigenvalue weighted by Gasteiger charge is -2.39. The molecule has 7 nitrogen and oxygen atoms in total. The van der Waals surface area contributed by atoms with E-state index in [9.17, 15) is 18.3 Å². The maximum Gasteiger partial charge on any atom is 0.433 e. The lowest BCUT2D eigenvalue weighted by Crippen LogP contribution is -2.52. The van der Waals surface area contributed by atoms with Gasteiger partial charge in [0.2, 0.25) is 5.95 Å². The molecule has 1 aliphatic rings. The molecule has 2 aromatic heterocycles. The quantitative estimate of drug-likeness (QED) is 0.466. The molecule has 11 heteroatoms. The van der Waals surface area contributed by atoms with Crippen LogP contribution < -0.4 is 10.6 Å². The molecule has 0 atom stereocenters. The van der Waals surface area contributed by atoms with Crippen LogP contribution in [-0.2, 0) is 17.5 Å². The Bertz CT molecular complexity index is 1080. The predicted octanol–water partition coefficient (Wildman–Crippen LogP) is 3.77. The number of alkyl halides is 3. The number of benzene rings is 1. The SMILES string of the molecule is Cc1cc(Nc2nccc(C(F)(F)F)n2)cc(-c2cnc(CNCC3(CO)COC3)s2)c1. The first kappa shape index (κ1) is 22.6. The van der Waals surface area contributed by atoms with Gasteiger partial charge in [-0.2, -0.15) is 13.2 Å². The van der Waals surface area contributed by atoms with Gasteiger partial charge in [0.1, 0.15) is 10.7 Å². The van der Waals surface area contributed by atoms with Crippen LogP contribution in [0.2, 0.25) is 0 Å². The van der Waals surface area contributed by atoms with Crippen LogP contribution in [0.25, 0.3) is 10.4 Å². The van der Waals surface area contributed by atoms with Gasteiger partial charge >= 0.3 is 6.18 Å². The molecule has 1 saturated heterocycles. The molecule has 1 aromatic carbocycles. The Hall–Kier alpha value is -2.60. The minimum Gasteiger partial charge on any atom is -0.396 e. The Labute approximate surface area is 186 Å². The van der Waals surface area contributed by atoms with Gasteiger partial charge in [-0.15, -0.1) is 11.3 Å². The molecule has 3 aromatic rings. The second-order valence-corrected chi connectivity index (χ2v) is 8.96. The van der Waals surface area contributed by atoms with E-state index in [1.54, 1.807) is 6.20 Å². The number of thiazole rings is 1. The van der Waals surface area contributed by atoms with Gasteiger partial charge in [0.05, 0.1) is 30.1 Å². The minimum absolute atomic E-state index is 0.0811. The fourth-order valence-corrected chi connectivity index (χ4v) is 4.18. The van der Waals surface area contributed by atoms with Crippen molar-refractivity contribution >= 4 is 23.0 Å². The zero-order valence-electron chi connectivity index (χ0n) is 17.2. The molecule has 4 rings (SSSR count). The molecule has 170 valence electrons. The van der Waals surface area contributed by atoms with Crippen molar-refractivity contribution in [1.82, 2.24) is 20.3 Å². The first-order chi connectivity index (χ1) is 15.3. The summed E-state index contributed by atoms with van der Waals surface area (Å²) in [6.45, 7) is 4.30. The maximum absolute atomic E-state index is 12.9. The molecular weight excluding hydrogens is 443 g/mol. The van der Waals surface area contributed by atoms with Crippen molar-refractivity contribution in [1.29, 1.82) is 0 Å². The number of aromatic nitrogens is 3. The van der Waals surface area contributed by atoms with Gasteiger partial charge < -0.3 is 20.5 Å². The van der Waals surface area contributed by atoms with Crippen LogP contribution >= 0.6 is 11.3 Å². The first-order valence-corrected chi connectivity index (χ1v) is 10.7. The van der Waals surface area contributed by atoms with Crippen LogP contribution in [0.1, 0.15) is 16.3 Å². The standard InChI is InChI=1S/C21H22F3N5O2S/c1-13-4-14(6-15(5-13)28-19-26-3-2-17(29-19)21(22,23)24)16-7-27-18(32-16)8-25-9-20(10-30)11-31-12-20/h2-7,25,30H,8-12H2,1H3,(H,26,28,29). The Morgan fingerprint density at radius 2 is 2.03 bits per heavy atom. The fraction of sp³-hybridized carbons (Fsp3) is 0.381. The normalized spacial score (nSPS) is 15.4. The Morgan fingerprint density at radius 1 is 1.22 bits per heavy atom. The number of nitrogens with zero attached hydrogens (tertiary/aromatic N) is 3. The molecule has 32 heavy (non-hydrogen) atoms. The van der Waals surface area contributed by atoms with Crippen LogP contribution in [0.15, 0.2) is 36.7 Å². The Balaban J connectivity index is 1.45. The van der Waals surface area contributed by atoms with Crippen LogP contribution in [0.3, 0.4) is 0 Å². The first-order valence-electron chi connectivity index (χ1n) is 9.90. The molecule has 0 radical (unpaired) electrons. The summed E-state index contributed by atoms with van der Waals surface area (Å²) in [5, 5.41) is 16.6. The second kappa shape index (κ2) is 9.10. The maximum atomic E-state index is 12.9. The van der Waals surface area contributed by atoms with Gasteiger partial charge in [0.25, 0.3) is 0 Å². The highest BCUT2D eigenvalue weighted by molar-refractivity contribution is 7.15. The van der Waals surface area contributed by atoms with Crippen LogP contribution in [0, 0.1) is 12.3 Å². The van der Waals surface area contributed by atoms with E-state index < -0.39 is 11.9 Å². The van der Waals surface area contributed by atoms with Crippen molar-refractivity contribution in [2.45, 2.75) is 19.6 Å². The highest BCUT2D eigenvalue weighted by Gasteiger charge is 2.37. The van der Waals surface area contributed by atoms with E-state index >= 15 is 0 Å². The average Bonchev–Trinajstić information content (AvgIpc) is 3.18. The molecule has 1 fully saturated rings. The topological polar surface area (TPSA) is 92.2 Å². The van der Waals surface area contributed by atoms with Gasteiger partial charge in [-0.05, 0) is 36.2 Å². The molecule has 0 amide bonds. The third-order valence-electron chi connectivity index (χ3n) is 5.05. The number of hydrogen-bond donors (Lipinski definition) is 3. The van der Waals surface area contributed by atoms with Gasteiger partial charge in [0.15, 0.2) is 0 Å². The zero-order valence-corrected chi connectivity index (χ0v) is 18.1. The summed E-state index contributed by atoms with van der Waals surface area (Å²) in [7, 11) is 0. The number of halogens is 3. The second-order valence-electron chi connectivity index (χ2n) is 7.85. The lowest BCUT2D eigenvalue weighted by molar-refractivity contribution is -0.141. The van der Waals surface area contributed by atoms with E-state index in [1.807, 2.05) is 25.1 Å². The predicted molar refractivity (Wildman–Crippen MR) is 115 cm³/mol. The summed E-state index contributed by atoms with van der Waals surface area (Å²) in [5.41, 5.74) is 1.20. The molecule has 0 spiro atoms. The number of anilines is 2. The average molecular weight is 466 g/mol. The third kappa shape index (κ3) is 5.23. The van der Waals surface area contributed by atoms with Gasteiger partial charge in [-0.25, -0.2) is 15.0 Å². The summed E-state index contributed by atoms with van der Waals surface area (Å²) in [4.78, 5) is 12.8. The third-order valence-corrected chi connectivity index (χ3v) is 6.09. The molecule has 3 heterocycles. The molecule has 0 saturated carbocycles. The minimum atomic E-state index is -4.54. The van der Waals surface area contributed by atoms with Crippen molar-refractivity contribution < 1.29 is 23.0 Å². The Morgan fingerprint density at radius 3 is 2.72 bits per heavy atom. The molecule has 3 N–H and O–H groups in total. The van der Waals surface area contributed by atoms with Crippen molar-refractivity contribution in [2.75, 3.05) is 31.7 Å². The highest BCUT2D eigenvalue weighted by Crippen LogP contribution is 2.32. The van der Waals surface area contributed by atoms with Crippen LogP contribution in [0.4, 0.5) is 24.8 Å². The van der Waals surface area contributed by atoms with E-state index in [0.717, 1.165) is 33.3 Å². The summed E-state index contributed by atoms with van der Waals surface area (Å²) in [6.07, 6.45) is -1.68. The number of nitrogens with one attached hydrogen (secondary N) is 2. The number of aliphatic hydroxyl groups is 1. The van der Waals surface area contributed by atoms with Crippen molar-refractivity contribution in [3.63, 3.8) is 0 Å². The van der Waals surface area contributed by atoms with E-state index in [4.69, 9.17) is 4.74 Å². The Kier molecular flexibility index (Phi) is 6.42. The van der Waals surface area contributed by atoms with Crippen LogP contribution in [0.5, 0.6) is 0 Å². The number of hydrogen-bond acceptors (Lipinski definition) is 8. The monoisotopic (exact) mass is 465 g/mol. The van der Waals surface area contributed by atoms with E-state index in [0.29, 0.717) is 32.0 Å². The lowest BCUT2D eigenvalue weighted by atomic mass is 9.87. The molecule has 0 bridgehead atoms. The molecule has 0 unspecified atom stereocenters. The molecule has 0 aliphatic carbocycles. The van der Waals surface area contributed by atoms with E-state index in [2.05, 4.69) is 25.6 Å². The number of rotatable bonds is 8. The van der Waals surface area contributed by atoms with Gasteiger partial charge in [0, 0.05) is 31.2 Å². The summed E-state index contributed by atoms with van der Waals surface area (Å²) in [5.74, 6) is -0.122. The largest absolute Gasteiger partial charge is 0.433 e. The summed E-state index contributed by atoms with van der Waals surface area (Å²) in [6, 6.07) is 6.45. The molecular formula is C21H22F3N5O2S. The van der Waals surface area contributed by atoms with Crippen molar-refractivity contribution in [3.05, 3.63) is 52.9 Å². The fourth-order valence-electron chi connectivity index (χ4n) is 3.30. The summed E-state index contributed by atoms with van der Waals surface area (Å²) < 4.78 is 43.9. The number of ether oxygens (including phenoxy) is 1. The van der Waals surface area contributed by atoms with Crippen molar-refractivity contribution in [3.8, 4) is 10.4 Å². The van der Waals surface area contributed by atoms with Gasteiger partial charge in [-0.3, -0.25) is 0 Å². The number of aliphatic hydroxyl groups excluding tert-OH is 1. The van der Waals surface area contributed by atoms with E-state index in [-0.39, 0.29) is 18.0 Å². The van der Waals surface area contributed by atoms with E-state index in [1.165, 1.54) is 11.3 Å². The number of aryl methyl sites for hydroxylation is 1. The summed E-state index contributed by atoms with van der Waals surface area (Å²) >= 11 is 1.52. The van der Waals surface area contributed by atoms with Crippen LogP contribution in [-0.4, -0.2) is 46.4 Å². The van der Waals surface area contributed by atoms with Crippen molar-refractivity contribution in [2.24, 2.45) is 5.41 Å². The van der Waals surface area contributed by atoms with Gasteiger partial charge in [-0.1, -0.05) is 6.07 Å². The smallest absolute Gasteiger partial charge is 0.396 e. The molecule has 1 aliphatic heterocycles. The highest BCUT2D eigenvalue weighted by atomic mass is 32.1. The zero-order chi connectivity index (χ0) is 22.8.